The third kappa shape index (κ3) is 3.40. The highest BCUT2D eigenvalue weighted by Crippen LogP contribution is 2.46. The van der Waals surface area contributed by atoms with Crippen molar-refractivity contribution in [3.63, 3.8) is 0 Å². The number of para-hydroxylation sites is 2. The van der Waals surface area contributed by atoms with Crippen LogP contribution in [0.5, 0.6) is 5.75 Å². The first-order valence-electron chi connectivity index (χ1n) is 10.3. The number of anilines is 2. The molecule has 3 nitrogen and oxygen atoms in total. The van der Waals surface area contributed by atoms with Gasteiger partial charge in [0.25, 0.3) is 0 Å². The van der Waals surface area contributed by atoms with E-state index in [1.165, 1.54) is 0 Å². The highest BCUT2D eigenvalue weighted by Gasteiger charge is 2.38. The Hall–Kier alpha value is -4.11. The van der Waals surface area contributed by atoms with Crippen molar-refractivity contribution in [2.75, 3.05) is 4.90 Å². The minimum absolute atomic E-state index is 0.0257. The highest BCUT2D eigenvalue weighted by atomic mass is 16.3. The summed E-state index contributed by atoms with van der Waals surface area (Å²) >= 11 is 0. The lowest BCUT2D eigenvalue weighted by Crippen LogP contribution is -2.13. The molecule has 0 spiro atoms. The normalized spacial score (nSPS) is 16.3. The monoisotopic (exact) mass is 403 g/mol. The molecule has 0 heterocycles. The Balaban J connectivity index is 1.72. The summed E-state index contributed by atoms with van der Waals surface area (Å²) in [4.78, 5) is 15.6. The fraction of sp³-hybridized carbons (Fsp3) is 0.0357. The van der Waals surface area contributed by atoms with E-state index in [0.29, 0.717) is 11.1 Å². The molecule has 4 aromatic carbocycles. The predicted molar refractivity (Wildman–Crippen MR) is 124 cm³/mol. The summed E-state index contributed by atoms with van der Waals surface area (Å²) in [5, 5.41) is 10.5. The number of hydrogen-bond donors (Lipinski definition) is 1. The molecule has 0 fully saturated rings. The number of phenols is 1. The van der Waals surface area contributed by atoms with Crippen LogP contribution in [0.4, 0.5) is 11.4 Å². The second-order valence-corrected chi connectivity index (χ2v) is 7.54. The average Bonchev–Trinajstić information content (AvgIpc) is 3.11. The fourth-order valence-electron chi connectivity index (χ4n) is 4.24. The van der Waals surface area contributed by atoms with E-state index < -0.39 is 0 Å². The Labute approximate surface area is 181 Å². The molecular formula is C28H21NO2. The van der Waals surface area contributed by atoms with Gasteiger partial charge in [0.05, 0.1) is 5.56 Å². The van der Waals surface area contributed by atoms with Crippen LogP contribution in [0, 0.1) is 0 Å². The molecule has 3 heteroatoms. The van der Waals surface area contributed by atoms with Crippen LogP contribution < -0.4 is 4.90 Å². The molecule has 0 aliphatic heterocycles. The van der Waals surface area contributed by atoms with Gasteiger partial charge in [-0.05, 0) is 41.5 Å². The van der Waals surface area contributed by atoms with Gasteiger partial charge in [0.1, 0.15) is 5.75 Å². The van der Waals surface area contributed by atoms with Gasteiger partial charge in [-0.15, -0.1) is 0 Å². The minimum Gasteiger partial charge on any atom is -0.507 e. The summed E-state index contributed by atoms with van der Waals surface area (Å²) in [5.74, 6) is -0.359. The topological polar surface area (TPSA) is 40.5 Å². The molecule has 1 atom stereocenters. The van der Waals surface area contributed by atoms with Crippen LogP contribution >= 0.6 is 0 Å². The molecule has 5 rings (SSSR count). The maximum absolute atomic E-state index is 13.5. The fourth-order valence-corrected chi connectivity index (χ4v) is 4.24. The summed E-state index contributed by atoms with van der Waals surface area (Å²) in [6.07, 6.45) is 1.92. The van der Waals surface area contributed by atoms with Gasteiger partial charge in [-0.25, -0.2) is 0 Å². The Morgan fingerprint density at radius 1 is 0.677 bits per heavy atom. The number of ketones is 1. The van der Waals surface area contributed by atoms with Crippen molar-refractivity contribution in [2.24, 2.45) is 0 Å². The molecule has 1 N–H and O–H groups in total. The van der Waals surface area contributed by atoms with Crippen LogP contribution in [0.15, 0.2) is 121 Å². The van der Waals surface area contributed by atoms with Crippen molar-refractivity contribution in [2.45, 2.75) is 5.92 Å². The van der Waals surface area contributed by atoms with Gasteiger partial charge < -0.3 is 10.0 Å². The maximum atomic E-state index is 13.5. The highest BCUT2D eigenvalue weighted by molar-refractivity contribution is 6.17. The van der Waals surface area contributed by atoms with Crippen LogP contribution in [0.25, 0.3) is 0 Å². The third-order valence-corrected chi connectivity index (χ3v) is 5.66. The van der Waals surface area contributed by atoms with E-state index >= 15 is 0 Å². The van der Waals surface area contributed by atoms with Gasteiger partial charge >= 0.3 is 0 Å². The van der Waals surface area contributed by atoms with Gasteiger partial charge in [0.2, 0.25) is 0 Å². The number of phenolic OH excluding ortho intramolecular Hbond substituents is 1. The standard InChI is InChI=1S/C28H21NO2/c30-25-18-10-17-23-26(20-11-4-1-5-12-20)24(28(31)27(23)25)19-29(21-13-6-2-7-14-21)22-15-8-3-9-16-22/h1-19,26,30H/b24-19-. The van der Waals surface area contributed by atoms with Gasteiger partial charge in [0, 0.05) is 29.1 Å². The van der Waals surface area contributed by atoms with Gasteiger partial charge in [-0.2, -0.15) is 0 Å². The molecule has 0 saturated carbocycles. The number of benzene rings is 4. The Morgan fingerprint density at radius 3 is 1.81 bits per heavy atom. The van der Waals surface area contributed by atoms with Crippen molar-refractivity contribution >= 4 is 17.2 Å². The smallest absolute Gasteiger partial charge is 0.195 e. The number of carbonyl (C=O) groups excluding carboxylic acids is 1. The number of carbonyl (C=O) groups is 1. The Bertz CT molecular complexity index is 1210. The largest absolute Gasteiger partial charge is 0.507 e. The average molecular weight is 403 g/mol. The zero-order valence-electron chi connectivity index (χ0n) is 16.8. The van der Waals surface area contributed by atoms with E-state index in [4.69, 9.17) is 0 Å². The molecule has 0 saturated heterocycles. The SMILES string of the molecule is O=C1/C(=C\N(c2ccccc2)c2ccccc2)C(c2ccccc2)c2cccc(O)c21. The number of hydrogen-bond acceptors (Lipinski definition) is 3. The first kappa shape index (κ1) is 18.9. The molecule has 0 radical (unpaired) electrons. The molecule has 0 amide bonds. The number of Topliss-reactive ketones (excluding diaryl/α,β-unsaturated/α-hetero) is 1. The van der Waals surface area contributed by atoms with Crippen molar-refractivity contribution in [1.82, 2.24) is 0 Å². The van der Waals surface area contributed by atoms with E-state index in [1.807, 2.05) is 108 Å². The predicted octanol–water partition coefficient (Wildman–Crippen LogP) is 6.44. The zero-order chi connectivity index (χ0) is 21.2. The number of aromatic hydroxyl groups is 1. The van der Waals surface area contributed by atoms with Crippen molar-refractivity contribution in [1.29, 1.82) is 0 Å². The molecule has 150 valence electrons. The van der Waals surface area contributed by atoms with Crippen LogP contribution in [0.2, 0.25) is 0 Å². The lowest BCUT2D eigenvalue weighted by molar-refractivity contribution is 0.103. The zero-order valence-corrected chi connectivity index (χ0v) is 16.8. The molecular weight excluding hydrogens is 382 g/mol. The number of nitrogens with zero attached hydrogens (tertiary/aromatic N) is 1. The first-order valence-corrected chi connectivity index (χ1v) is 10.3. The van der Waals surface area contributed by atoms with Crippen molar-refractivity contribution in [3.8, 4) is 5.75 Å². The number of allylic oxidation sites excluding steroid dienone is 1. The Kier molecular flexibility index (Phi) is 4.85. The van der Waals surface area contributed by atoms with Gasteiger partial charge in [0.15, 0.2) is 5.78 Å². The molecule has 1 aliphatic carbocycles. The molecule has 31 heavy (non-hydrogen) atoms. The Morgan fingerprint density at radius 2 is 1.23 bits per heavy atom. The summed E-state index contributed by atoms with van der Waals surface area (Å²) in [6, 6.07) is 35.2. The second kappa shape index (κ2) is 7.96. The van der Waals surface area contributed by atoms with E-state index in [2.05, 4.69) is 0 Å². The molecule has 1 aliphatic rings. The van der Waals surface area contributed by atoms with Gasteiger partial charge in [-0.1, -0.05) is 78.9 Å². The number of rotatable bonds is 4. The van der Waals surface area contributed by atoms with E-state index in [0.717, 1.165) is 22.5 Å². The van der Waals surface area contributed by atoms with E-state index in [-0.39, 0.29) is 17.5 Å². The first-order chi connectivity index (χ1) is 15.2. The van der Waals surface area contributed by atoms with Gasteiger partial charge in [-0.3, -0.25) is 4.79 Å². The van der Waals surface area contributed by atoms with E-state index in [1.54, 1.807) is 12.1 Å². The van der Waals surface area contributed by atoms with Crippen molar-refractivity contribution < 1.29 is 9.90 Å². The minimum atomic E-state index is -0.245. The molecule has 0 bridgehead atoms. The second-order valence-electron chi connectivity index (χ2n) is 7.54. The van der Waals surface area contributed by atoms with Crippen LogP contribution in [0.3, 0.4) is 0 Å². The van der Waals surface area contributed by atoms with Crippen LogP contribution in [-0.4, -0.2) is 10.9 Å². The molecule has 4 aromatic rings. The summed E-state index contributed by atoms with van der Waals surface area (Å²) in [6.45, 7) is 0. The summed E-state index contributed by atoms with van der Waals surface area (Å²) in [5.41, 5.74) is 4.80. The summed E-state index contributed by atoms with van der Waals surface area (Å²) in [7, 11) is 0. The third-order valence-electron chi connectivity index (χ3n) is 5.66. The molecule has 0 aromatic heterocycles. The lowest BCUT2D eigenvalue weighted by Gasteiger charge is -2.23. The lowest BCUT2D eigenvalue weighted by atomic mass is 9.90. The molecule has 1 unspecified atom stereocenters. The quantitative estimate of drug-likeness (QED) is 0.399. The van der Waals surface area contributed by atoms with Crippen LogP contribution in [-0.2, 0) is 0 Å². The van der Waals surface area contributed by atoms with Crippen LogP contribution in [0.1, 0.15) is 27.4 Å². The summed E-state index contributed by atoms with van der Waals surface area (Å²) < 4.78 is 0. The van der Waals surface area contributed by atoms with Crippen molar-refractivity contribution in [3.05, 3.63) is 138 Å². The maximum Gasteiger partial charge on any atom is 0.195 e. The number of fused-ring (bicyclic) bond motifs is 1. The van der Waals surface area contributed by atoms with E-state index in [9.17, 15) is 9.90 Å².